The summed E-state index contributed by atoms with van der Waals surface area (Å²) in [6.07, 6.45) is 3.59. The number of halogens is 2. The Balaban J connectivity index is 1.59. The summed E-state index contributed by atoms with van der Waals surface area (Å²) >= 11 is 1.43. The predicted molar refractivity (Wildman–Crippen MR) is 129 cm³/mol. The van der Waals surface area contributed by atoms with Crippen LogP contribution in [0, 0.1) is 31.4 Å². The topological polar surface area (TPSA) is 93.2 Å². The quantitative estimate of drug-likeness (QED) is 0.460. The van der Waals surface area contributed by atoms with Crippen LogP contribution in [0.25, 0.3) is 10.4 Å². The molecular formula is C23H26F2N4O3S2. The molecule has 2 aromatic heterocycles. The first-order valence-electron chi connectivity index (χ1n) is 10.9. The van der Waals surface area contributed by atoms with Crippen molar-refractivity contribution >= 4 is 32.2 Å². The predicted octanol–water partition coefficient (Wildman–Crippen LogP) is 5.13. The number of nitrogens with zero attached hydrogens (tertiary/aromatic N) is 2. The normalized spacial score (nSPS) is 15.8. The van der Waals surface area contributed by atoms with Gasteiger partial charge in [-0.2, -0.15) is 0 Å². The van der Waals surface area contributed by atoms with Crippen LogP contribution in [0.2, 0.25) is 0 Å². The van der Waals surface area contributed by atoms with E-state index in [-0.39, 0.29) is 22.3 Å². The Morgan fingerprint density at radius 2 is 1.88 bits per heavy atom. The molecule has 11 heteroatoms. The smallest absolute Gasteiger partial charge is 0.263 e. The maximum absolute atomic E-state index is 14.0. The van der Waals surface area contributed by atoms with E-state index in [4.69, 9.17) is 4.74 Å². The molecular weight excluding hydrogens is 482 g/mol. The molecule has 0 aliphatic carbocycles. The third kappa shape index (κ3) is 5.37. The number of rotatable bonds is 7. The molecule has 3 heterocycles. The minimum Gasteiger partial charge on any atom is -0.381 e. The summed E-state index contributed by atoms with van der Waals surface area (Å²) in [5.41, 5.74) is 1.26. The van der Waals surface area contributed by atoms with Crippen molar-refractivity contribution in [3.8, 4) is 10.4 Å². The van der Waals surface area contributed by atoms with Gasteiger partial charge in [0.1, 0.15) is 16.5 Å². The van der Waals surface area contributed by atoms with Gasteiger partial charge in [0.2, 0.25) is 0 Å². The van der Waals surface area contributed by atoms with Gasteiger partial charge in [-0.3, -0.25) is 9.71 Å². The van der Waals surface area contributed by atoms with Crippen LogP contribution in [0.3, 0.4) is 0 Å². The third-order valence-corrected chi connectivity index (χ3v) is 8.51. The Morgan fingerprint density at radius 3 is 2.59 bits per heavy atom. The van der Waals surface area contributed by atoms with Crippen LogP contribution in [-0.2, 0) is 14.8 Å². The second-order valence-corrected chi connectivity index (χ2v) is 11.0. The summed E-state index contributed by atoms with van der Waals surface area (Å²) in [6.45, 7) is 7.07. The molecule has 0 spiro atoms. The molecule has 1 fully saturated rings. The Bertz CT molecular complexity index is 1290. The van der Waals surface area contributed by atoms with E-state index in [1.54, 1.807) is 13.1 Å². The van der Waals surface area contributed by atoms with Crippen LogP contribution in [0.4, 0.5) is 19.6 Å². The second kappa shape index (κ2) is 9.93. The summed E-state index contributed by atoms with van der Waals surface area (Å²) in [5.74, 6) is -1.30. The molecule has 1 aliphatic heterocycles. The van der Waals surface area contributed by atoms with Gasteiger partial charge in [-0.15, -0.1) is 0 Å². The molecule has 34 heavy (non-hydrogen) atoms. The highest BCUT2D eigenvalue weighted by Crippen LogP contribution is 2.35. The Hall–Kier alpha value is -2.63. The minimum atomic E-state index is -4.17. The summed E-state index contributed by atoms with van der Waals surface area (Å²) in [6, 6.07) is 4.37. The standard InChI is InChI=1S/C23H26F2N4O3S2/c1-13(16-6-8-32-9-7-16)27-23-28-15(3)22(33-23)17-10-21(14(2)26-12-17)34(30,31)29-20-5-4-18(24)11-19(20)25/h4-5,10-13,16,29H,6-9H2,1-3H3,(H,27,28). The van der Waals surface area contributed by atoms with Gasteiger partial charge in [0, 0.05) is 37.1 Å². The fourth-order valence-corrected chi connectivity index (χ4v) is 6.27. The number of hydrogen-bond acceptors (Lipinski definition) is 7. The molecule has 182 valence electrons. The average Bonchev–Trinajstić information content (AvgIpc) is 3.16. The molecule has 1 saturated heterocycles. The fourth-order valence-electron chi connectivity index (χ4n) is 3.94. The van der Waals surface area contributed by atoms with Gasteiger partial charge in [-0.25, -0.2) is 22.2 Å². The zero-order valence-electron chi connectivity index (χ0n) is 19.1. The number of hydrogen-bond donors (Lipinski definition) is 2. The van der Waals surface area contributed by atoms with Gasteiger partial charge in [0.05, 0.1) is 22.0 Å². The Labute approximate surface area is 201 Å². The van der Waals surface area contributed by atoms with E-state index in [1.807, 2.05) is 6.92 Å². The number of pyridine rings is 1. The van der Waals surface area contributed by atoms with Crippen LogP contribution < -0.4 is 10.0 Å². The highest BCUT2D eigenvalue weighted by atomic mass is 32.2. The first-order valence-corrected chi connectivity index (χ1v) is 13.2. The highest BCUT2D eigenvalue weighted by Gasteiger charge is 2.24. The monoisotopic (exact) mass is 508 g/mol. The maximum atomic E-state index is 14.0. The number of sulfonamides is 1. The van der Waals surface area contributed by atoms with Crippen molar-refractivity contribution in [3.05, 3.63) is 53.5 Å². The molecule has 7 nitrogen and oxygen atoms in total. The summed E-state index contributed by atoms with van der Waals surface area (Å²) < 4.78 is 60.9. The third-order valence-electron chi connectivity index (χ3n) is 5.89. The van der Waals surface area contributed by atoms with Crippen molar-refractivity contribution in [3.63, 3.8) is 0 Å². The van der Waals surface area contributed by atoms with Gasteiger partial charge in [0.25, 0.3) is 10.0 Å². The van der Waals surface area contributed by atoms with Gasteiger partial charge in [0.15, 0.2) is 5.13 Å². The van der Waals surface area contributed by atoms with Crippen molar-refractivity contribution in [1.29, 1.82) is 0 Å². The number of benzene rings is 1. The van der Waals surface area contributed by atoms with Crippen molar-refractivity contribution in [1.82, 2.24) is 9.97 Å². The lowest BCUT2D eigenvalue weighted by Crippen LogP contribution is -2.30. The molecule has 3 aromatic rings. The molecule has 1 aliphatic rings. The first-order chi connectivity index (χ1) is 16.1. The molecule has 2 N–H and O–H groups in total. The molecule has 0 bridgehead atoms. The summed E-state index contributed by atoms with van der Waals surface area (Å²) in [4.78, 5) is 9.58. The summed E-state index contributed by atoms with van der Waals surface area (Å²) in [5, 5.41) is 4.22. The maximum Gasteiger partial charge on any atom is 0.263 e. The van der Waals surface area contributed by atoms with Gasteiger partial charge < -0.3 is 10.1 Å². The van der Waals surface area contributed by atoms with E-state index in [0.29, 0.717) is 17.5 Å². The zero-order chi connectivity index (χ0) is 24.5. The van der Waals surface area contributed by atoms with Crippen molar-refractivity contribution in [2.24, 2.45) is 5.92 Å². The molecule has 1 unspecified atom stereocenters. The number of aryl methyl sites for hydroxylation is 2. The van der Waals surface area contributed by atoms with Gasteiger partial charge in [-0.05, 0) is 57.7 Å². The second-order valence-electron chi connectivity index (χ2n) is 8.35. The Kier molecular flexibility index (Phi) is 7.15. The van der Waals surface area contributed by atoms with E-state index < -0.39 is 21.7 Å². The van der Waals surface area contributed by atoms with E-state index in [0.717, 1.165) is 53.9 Å². The molecule has 0 radical (unpaired) electrons. The van der Waals surface area contributed by atoms with Gasteiger partial charge >= 0.3 is 0 Å². The zero-order valence-corrected chi connectivity index (χ0v) is 20.7. The SMILES string of the molecule is Cc1ncc(-c2sc(NC(C)C3CCOCC3)nc2C)cc1S(=O)(=O)Nc1ccc(F)cc1F. The molecule has 4 rings (SSSR count). The lowest BCUT2D eigenvalue weighted by atomic mass is 9.93. The Morgan fingerprint density at radius 1 is 1.15 bits per heavy atom. The number of thiazole rings is 1. The molecule has 0 saturated carbocycles. The first kappa shape index (κ1) is 24.5. The molecule has 1 aromatic carbocycles. The van der Waals surface area contributed by atoms with Crippen LogP contribution in [-0.4, -0.2) is 37.6 Å². The van der Waals surface area contributed by atoms with Crippen LogP contribution in [0.1, 0.15) is 31.2 Å². The van der Waals surface area contributed by atoms with E-state index >= 15 is 0 Å². The van der Waals surface area contributed by atoms with Crippen LogP contribution >= 0.6 is 11.3 Å². The largest absolute Gasteiger partial charge is 0.381 e. The minimum absolute atomic E-state index is 0.0911. The fraction of sp³-hybridized carbons (Fsp3) is 0.391. The molecule has 1 atom stereocenters. The lowest BCUT2D eigenvalue weighted by molar-refractivity contribution is 0.0622. The number of aromatic nitrogens is 2. The lowest BCUT2D eigenvalue weighted by Gasteiger charge is -2.28. The van der Waals surface area contributed by atoms with Crippen molar-refractivity contribution in [2.45, 2.75) is 44.6 Å². The van der Waals surface area contributed by atoms with Crippen LogP contribution in [0.15, 0.2) is 35.4 Å². The summed E-state index contributed by atoms with van der Waals surface area (Å²) in [7, 11) is -4.17. The average molecular weight is 509 g/mol. The van der Waals surface area contributed by atoms with Crippen molar-refractivity contribution in [2.75, 3.05) is 23.3 Å². The highest BCUT2D eigenvalue weighted by molar-refractivity contribution is 7.92. The number of ether oxygens (including phenoxy) is 1. The van der Waals surface area contributed by atoms with Crippen molar-refractivity contribution < 1.29 is 21.9 Å². The van der Waals surface area contributed by atoms with E-state index in [2.05, 4.69) is 26.9 Å². The van der Waals surface area contributed by atoms with Gasteiger partial charge in [-0.1, -0.05) is 11.3 Å². The van der Waals surface area contributed by atoms with E-state index in [1.165, 1.54) is 17.4 Å². The number of anilines is 2. The van der Waals surface area contributed by atoms with Crippen LogP contribution in [0.5, 0.6) is 0 Å². The number of nitrogens with one attached hydrogen (secondary N) is 2. The molecule has 0 amide bonds. The van der Waals surface area contributed by atoms with E-state index in [9.17, 15) is 17.2 Å².